The van der Waals surface area contributed by atoms with Crippen molar-refractivity contribution in [1.82, 2.24) is 15.5 Å². The van der Waals surface area contributed by atoms with Gasteiger partial charge in [-0.2, -0.15) is 0 Å². The topological polar surface area (TPSA) is 64.1 Å². The molecule has 0 saturated heterocycles. The zero-order chi connectivity index (χ0) is 9.80. The van der Waals surface area contributed by atoms with Gasteiger partial charge < -0.3 is 14.2 Å². The predicted molar refractivity (Wildman–Crippen MR) is 49.6 cm³/mol. The second-order valence-electron chi connectivity index (χ2n) is 2.87. The maximum Gasteiger partial charge on any atom is 0.250 e. The molecule has 0 fully saturated rings. The highest BCUT2D eigenvalue weighted by atomic mass is 16.4. The van der Waals surface area contributed by atoms with Crippen molar-refractivity contribution in [3.63, 3.8) is 0 Å². The third kappa shape index (κ3) is 1.82. The molecule has 0 atom stereocenters. The van der Waals surface area contributed by atoms with Gasteiger partial charge >= 0.3 is 0 Å². The molecule has 0 aliphatic carbocycles. The molecule has 0 aliphatic rings. The number of furan rings is 1. The number of nitrogens with one attached hydrogen (secondary N) is 1. The average molecular weight is 193 g/mol. The molecular formula is C9H11N3O2. The molecule has 0 radical (unpaired) electrons. The fraction of sp³-hybridized carbons (Fsp3) is 0.333. The van der Waals surface area contributed by atoms with Crippen LogP contribution in [0.5, 0.6) is 0 Å². The first kappa shape index (κ1) is 8.96. The molecule has 0 amide bonds. The summed E-state index contributed by atoms with van der Waals surface area (Å²) in [6.45, 7) is 0.826. The number of nitrogens with zero attached hydrogens (tertiary/aromatic N) is 2. The van der Waals surface area contributed by atoms with Crippen molar-refractivity contribution in [2.45, 2.75) is 6.42 Å². The highest BCUT2D eigenvalue weighted by Crippen LogP contribution is 2.17. The van der Waals surface area contributed by atoms with Gasteiger partial charge in [-0.3, -0.25) is 0 Å². The molecule has 2 aromatic rings. The van der Waals surface area contributed by atoms with Gasteiger partial charge in [-0.25, -0.2) is 0 Å². The van der Waals surface area contributed by atoms with Crippen LogP contribution in [0.4, 0.5) is 0 Å². The zero-order valence-corrected chi connectivity index (χ0v) is 7.86. The molecule has 0 aromatic carbocycles. The van der Waals surface area contributed by atoms with Crippen LogP contribution in [0.3, 0.4) is 0 Å². The van der Waals surface area contributed by atoms with Crippen LogP contribution >= 0.6 is 0 Å². The fourth-order valence-electron chi connectivity index (χ4n) is 1.09. The smallest absolute Gasteiger partial charge is 0.250 e. The van der Waals surface area contributed by atoms with E-state index in [2.05, 4.69) is 15.5 Å². The number of hydrogen-bond donors (Lipinski definition) is 1. The van der Waals surface area contributed by atoms with Crippen molar-refractivity contribution in [2.24, 2.45) is 0 Å². The Morgan fingerprint density at radius 2 is 2.36 bits per heavy atom. The lowest BCUT2D eigenvalue weighted by molar-refractivity contribution is 0.498. The maximum atomic E-state index is 5.41. The SMILES string of the molecule is CNCCc1nnc(-c2ccoc2)o1. The molecule has 0 bridgehead atoms. The van der Waals surface area contributed by atoms with E-state index in [1.165, 1.54) is 0 Å². The van der Waals surface area contributed by atoms with Gasteiger partial charge in [0.05, 0.1) is 11.8 Å². The van der Waals surface area contributed by atoms with E-state index in [-0.39, 0.29) is 0 Å². The van der Waals surface area contributed by atoms with Crippen LogP contribution in [0.2, 0.25) is 0 Å². The Bertz CT molecular complexity index is 380. The zero-order valence-electron chi connectivity index (χ0n) is 7.86. The molecule has 1 N–H and O–H groups in total. The standard InChI is InChI=1S/C9H11N3O2/c1-10-4-2-8-11-12-9(14-8)7-3-5-13-6-7/h3,5-6,10H,2,4H2,1H3. The first-order valence-corrected chi connectivity index (χ1v) is 4.39. The highest BCUT2D eigenvalue weighted by molar-refractivity contribution is 5.49. The molecule has 0 spiro atoms. The van der Waals surface area contributed by atoms with Crippen LogP contribution in [0.15, 0.2) is 27.4 Å². The van der Waals surface area contributed by atoms with Crippen molar-refractivity contribution >= 4 is 0 Å². The van der Waals surface area contributed by atoms with Crippen LogP contribution in [-0.2, 0) is 6.42 Å². The van der Waals surface area contributed by atoms with Crippen molar-refractivity contribution in [3.8, 4) is 11.5 Å². The monoisotopic (exact) mass is 193 g/mol. The van der Waals surface area contributed by atoms with Crippen LogP contribution in [0, 0.1) is 0 Å². The van der Waals surface area contributed by atoms with E-state index in [4.69, 9.17) is 8.83 Å². The van der Waals surface area contributed by atoms with Gasteiger partial charge in [0.2, 0.25) is 5.89 Å². The van der Waals surface area contributed by atoms with Gasteiger partial charge in [-0.05, 0) is 13.1 Å². The first-order valence-electron chi connectivity index (χ1n) is 4.39. The minimum Gasteiger partial charge on any atom is -0.472 e. The summed E-state index contributed by atoms with van der Waals surface area (Å²) in [5.74, 6) is 1.14. The molecule has 2 aromatic heterocycles. The van der Waals surface area contributed by atoms with Crippen molar-refractivity contribution in [1.29, 1.82) is 0 Å². The Labute approximate surface area is 81.1 Å². The summed E-state index contributed by atoms with van der Waals surface area (Å²) in [5.41, 5.74) is 0.813. The Balaban J connectivity index is 2.10. The van der Waals surface area contributed by atoms with E-state index in [9.17, 15) is 0 Å². The Morgan fingerprint density at radius 3 is 3.07 bits per heavy atom. The third-order valence-electron chi connectivity index (χ3n) is 1.82. The summed E-state index contributed by atoms with van der Waals surface area (Å²) in [6, 6.07) is 1.79. The first-order chi connectivity index (χ1) is 6.90. The van der Waals surface area contributed by atoms with E-state index >= 15 is 0 Å². The predicted octanol–water partition coefficient (Wildman–Crippen LogP) is 1.09. The van der Waals surface area contributed by atoms with Gasteiger partial charge in [-0.15, -0.1) is 10.2 Å². The van der Waals surface area contributed by atoms with Crippen LogP contribution in [0.1, 0.15) is 5.89 Å². The molecule has 5 heteroatoms. The van der Waals surface area contributed by atoms with Crippen molar-refractivity contribution in [3.05, 3.63) is 24.5 Å². The molecule has 0 aliphatic heterocycles. The van der Waals surface area contributed by atoms with E-state index in [1.54, 1.807) is 18.6 Å². The molecule has 5 nitrogen and oxygen atoms in total. The lowest BCUT2D eigenvalue weighted by Gasteiger charge is -1.91. The quantitative estimate of drug-likeness (QED) is 0.787. The molecular weight excluding hydrogens is 182 g/mol. The third-order valence-corrected chi connectivity index (χ3v) is 1.82. The van der Waals surface area contributed by atoms with Crippen LogP contribution < -0.4 is 5.32 Å². The molecule has 2 heterocycles. The lowest BCUT2D eigenvalue weighted by atomic mass is 10.3. The summed E-state index contributed by atoms with van der Waals surface area (Å²) in [5, 5.41) is 10.8. The highest BCUT2D eigenvalue weighted by Gasteiger charge is 2.08. The number of likely N-dealkylation sites (N-methyl/N-ethyl adjacent to an activating group) is 1. The average Bonchev–Trinajstić information content (AvgIpc) is 2.85. The van der Waals surface area contributed by atoms with Crippen molar-refractivity contribution in [2.75, 3.05) is 13.6 Å². The van der Waals surface area contributed by atoms with Gasteiger partial charge in [0, 0.05) is 13.0 Å². The van der Waals surface area contributed by atoms with Gasteiger partial charge in [0.25, 0.3) is 5.89 Å². The van der Waals surface area contributed by atoms with E-state index in [0.29, 0.717) is 11.8 Å². The molecule has 74 valence electrons. The Morgan fingerprint density at radius 1 is 1.43 bits per heavy atom. The minimum atomic E-state index is 0.504. The van der Waals surface area contributed by atoms with Crippen LogP contribution in [-0.4, -0.2) is 23.8 Å². The number of aromatic nitrogens is 2. The summed E-state index contributed by atoms with van der Waals surface area (Å²) in [6.07, 6.45) is 3.89. The summed E-state index contributed by atoms with van der Waals surface area (Å²) < 4.78 is 10.3. The van der Waals surface area contributed by atoms with Gasteiger partial charge in [-0.1, -0.05) is 0 Å². The second kappa shape index (κ2) is 4.06. The van der Waals surface area contributed by atoms with Gasteiger partial charge in [0.15, 0.2) is 0 Å². The van der Waals surface area contributed by atoms with Crippen LogP contribution in [0.25, 0.3) is 11.5 Å². The molecule has 14 heavy (non-hydrogen) atoms. The number of rotatable bonds is 4. The summed E-state index contributed by atoms with van der Waals surface area (Å²) >= 11 is 0. The number of hydrogen-bond acceptors (Lipinski definition) is 5. The molecule has 0 saturated carbocycles. The maximum absolute atomic E-state index is 5.41. The Hall–Kier alpha value is -1.62. The van der Waals surface area contributed by atoms with Gasteiger partial charge in [0.1, 0.15) is 6.26 Å². The molecule has 2 rings (SSSR count). The van der Waals surface area contributed by atoms with E-state index in [0.717, 1.165) is 18.5 Å². The van der Waals surface area contributed by atoms with E-state index in [1.807, 2.05) is 7.05 Å². The largest absolute Gasteiger partial charge is 0.472 e. The second-order valence-corrected chi connectivity index (χ2v) is 2.87. The fourth-order valence-corrected chi connectivity index (χ4v) is 1.09. The molecule has 0 unspecified atom stereocenters. The minimum absolute atomic E-state index is 0.504. The Kier molecular flexibility index (Phi) is 2.60. The normalized spacial score (nSPS) is 10.6. The summed E-state index contributed by atoms with van der Waals surface area (Å²) in [4.78, 5) is 0. The van der Waals surface area contributed by atoms with E-state index < -0.39 is 0 Å². The lowest BCUT2D eigenvalue weighted by Crippen LogP contribution is -2.10. The summed E-state index contributed by atoms with van der Waals surface area (Å²) in [7, 11) is 1.88. The van der Waals surface area contributed by atoms with Crippen molar-refractivity contribution < 1.29 is 8.83 Å².